The van der Waals surface area contributed by atoms with E-state index in [-0.39, 0.29) is 0 Å². The van der Waals surface area contributed by atoms with E-state index in [0.29, 0.717) is 0 Å². The zero-order valence-electron chi connectivity index (χ0n) is 10.4. The molecule has 19 heavy (non-hydrogen) atoms. The molecule has 1 aromatic carbocycles. The average Bonchev–Trinajstić information content (AvgIpc) is 2.90. The Morgan fingerprint density at radius 1 is 1.21 bits per heavy atom. The third-order valence-corrected chi connectivity index (χ3v) is 4.60. The molecular formula is C15H13N3S. The molecule has 1 aliphatic rings. The fourth-order valence-electron chi connectivity index (χ4n) is 2.46. The van der Waals surface area contributed by atoms with Gasteiger partial charge in [-0.2, -0.15) is 0 Å². The molecule has 0 aliphatic carbocycles. The van der Waals surface area contributed by atoms with E-state index in [1.807, 2.05) is 12.3 Å². The van der Waals surface area contributed by atoms with Crippen molar-refractivity contribution in [3.05, 3.63) is 47.1 Å². The van der Waals surface area contributed by atoms with Crippen molar-refractivity contribution in [3.63, 3.8) is 0 Å². The van der Waals surface area contributed by atoms with Crippen molar-refractivity contribution >= 4 is 22.2 Å². The van der Waals surface area contributed by atoms with E-state index in [1.165, 1.54) is 21.5 Å². The molecule has 3 heterocycles. The monoisotopic (exact) mass is 267 g/mol. The molecule has 0 saturated carbocycles. The molecule has 0 saturated heterocycles. The predicted molar refractivity (Wildman–Crippen MR) is 78.3 cm³/mol. The topological polar surface area (TPSA) is 37.8 Å². The largest absolute Gasteiger partial charge is 0.311 e. The summed E-state index contributed by atoms with van der Waals surface area (Å²) < 4.78 is 0. The second-order valence-corrected chi connectivity index (χ2v) is 5.81. The van der Waals surface area contributed by atoms with Gasteiger partial charge in [0.2, 0.25) is 0 Å². The lowest BCUT2D eigenvalue weighted by molar-refractivity contribution is 0.644. The van der Waals surface area contributed by atoms with Crippen molar-refractivity contribution in [1.29, 1.82) is 0 Å². The summed E-state index contributed by atoms with van der Waals surface area (Å²) in [6.07, 6.45) is 2.87. The lowest BCUT2D eigenvalue weighted by Crippen LogP contribution is -2.22. The summed E-state index contributed by atoms with van der Waals surface area (Å²) in [6, 6.07) is 10.4. The highest BCUT2D eigenvalue weighted by atomic mass is 32.1. The Morgan fingerprint density at radius 3 is 3.16 bits per heavy atom. The minimum absolute atomic E-state index is 0.960. The summed E-state index contributed by atoms with van der Waals surface area (Å²) in [5, 5.41) is 5.69. The number of benzene rings is 1. The van der Waals surface area contributed by atoms with Crippen LogP contribution in [0.2, 0.25) is 0 Å². The SMILES string of the molecule is c1cnc2ccc(-c3nc4c(s3)CNCC4)cc2c1. The zero-order chi connectivity index (χ0) is 12.7. The summed E-state index contributed by atoms with van der Waals surface area (Å²) in [5.41, 5.74) is 3.50. The highest BCUT2D eigenvalue weighted by Crippen LogP contribution is 2.31. The van der Waals surface area contributed by atoms with Gasteiger partial charge in [-0.1, -0.05) is 6.07 Å². The molecule has 0 fully saturated rings. The molecule has 0 unspecified atom stereocenters. The van der Waals surface area contributed by atoms with Gasteiger partial charge in [0.15, 0.2) is 0 Å². The van der Waals surface area contributed by atoms with Gasteiger partial charge in [0.05, 0.1) is 11.2 Å². The third-order valence-electron chi connectivity index (χ3n) is 3.45. The smallest absolute Gasteiger partial charge is 0.123 e. The molecule has 3 aromatic rings. The maximum Gasteiger partial charge on any atom is 0.123 e. The summed E-state index contributed by atoms with van der Waals surface area (Å²) >= 11 is 1.80. The van der Waals surface area contributed by atoms with Crippen LogP contribution >= 0.6 is 11.3 Å². The summed E-state index contributed by atoms with van der Waals surface area (Å²) in [6.45, 7) is 2.00. The van der Waals surface area contributed by atoms with Crippen molar-refractivity contribution in [3.8, 4) is 10.6 Å². The maximum atomic E-state index is 4.79. The van der Waals surface area contributed by atoms with Crippen LogP contribution < -0.4 is 5.32 Å². The van der Waals surface area contributed by atoms with Gasteiger partial charge in [0.1, 0.15) is 5.01 Å². The van der Waals surface area contributed by atoms with Crippen LogP contribution in [0.3, 0.4) is 0 Å². The Bertz CT molecular complexity index is 724. The number of aromatic nitrogens is 2. The van der Waals surface area contributed by atoms with E-state index >= 15 is 0 Å². The number of nitrogens with one attached hydrogen (secondary N) is 1. The molecule has 0 bridgehead atoms. The third kappa shape index (κ3) is 1.93. The van der Waals surface area contributed by atoms with Crippen molar-refractivity contribution in [1.82, 2.24) is 15.3 Å². The Hall–Kier alpha value is -1.78. The average molecular weight is 267 g/mol. The van der Waals surface area contributed by atoms with Crippen LogP contribution in [0.25, 0.3) is 21.5 Å². The second-order valence-electron chi connectivity index (χ2n) is 4.73. The first-order chi connectivity index (χ1) is 9.40. The Labute approximate surface area is 115 Å². The van der Waals surface area contributed by atoms with Crippen molar-refractivity contribution < 1.29 is 0 Å². The Balaban J connectivity index is 1.83. The van der Waals surface area contributed by atoms with Crippen LogP contribution in [0.1, 0.15) is 10.6 Å². The first-order valence-electron chi connectivity index (χ1n) is 6.44. The van der Waals surface area contributed by atoms with Crippen LogP contribution in [0.4, 0.5) is 0 Å². The Kier molecular flexibility index (Phi) is 2.57. The van der Waals surface area contributed by atoms with Gasteiger partial charge in [-0.05, 0) is 24.3 Å². The molecule has 4 rings (SSSR count). The van der Waals surface area contributed by atoms with E-state index < -0.39 is 0 Å². The highest BCUT2D eigenvalue weighted by Gasteiger charge is 2.15. The molecule has 1 N–H and O–H groups in total. The predicted octanol–water partition coefficient (Wildman–Crippen LogP) is 3.00. The van der Waals surface area contributed by atoms with Crippen LogP contribution in [0, 0.1) is 0 Å². The van der Waals surface area contributed by atoms with Crippen LogP contribution in [0.5, 0.6) is 0 Å². The Morgan fingerprint density at radius 2 is 2.21 bits per heavy atom. The minimum Gasteiger partial charge on any atom is -0.311 e. The van der Waals surface area contributed by atoms with Crippen LogP contribution in [-0.4, -0.2) is 16.5 Å². The molecular weight excluding hydrogens is 254 g/mol. The normalized spacial score (nSPS) is 14.5. The number of rotatable bonds is 1. The summed E-state index contributed by atoms with van der Waals surface area (Å²) in [4.78, 5) is 10.5. The van der Waals surface area contributed by atoms with Gasteiger partial charge in [-0.15, -0.1) is 11.3 Å². The van der Waals surface area contributed by atoms with Gasteiger partial charge in [-0.25, -0.2) is 4.98 Å². The first-order valence-corrected chi connectivity index (χ1v) is 7.26. The molecule has 1 aliphatic heterocycles. The summed E-state index contributed by atoms with van der Waals surface area (Å²) in [7, 11) is 0. The standard InChI is InChI=1S/C15H13N3S/c1-2-10-8-11(3-4-12(10)17-6-1)15-18-13-5-7-16-9-14(13)19-15/h1-4,6,8,16H,5,7,9H2. The van der Waals surface area contributed by atoms with Crippen molar-refractivity contribution in [2.75, 3.05) is 6.54 Å². The fraction of sp³-hybridized carbons (Fsp3) is 0.200. The van der Waals surface area contributed by atoms with Crippen LogP contribution in [0.15, 0.2) is 36.5 Å². The zero-order valence-corrected chi connectivity index (χ0v) is 11.2. The van der Waals surface area contributed by atoms with Crippen LogP contribution in [-0.2, 0) is 13.0 Å². The molecule has 0 amide bonds. The highest BCUT2D eigenvalue weighted by molar-refractivity contribution is 7.15. The molecule has 4 heteroatoms. The van der Waals surface area contributed by atoms with E-state index in [0.717, 1.165) is 30.0 Å². The molecule has 0 spiro atoms. The quantitative estimate of drug-likeness (QED) is 0.736. The molecule has 3 nitrogen and oxygen atoms in total. The second kappa shape index (κ2) is 4.40. The van der Waals surface area contributed by atoms with E-state index in [4.69, 9.17) is 4.98 Å². The lowest BCUT2D eigenvalue weighted by atomic mass is 10.1. The molecule has 0 atom stereocenters. The van der Waals surface area contributed by atoms with E-state index in [1.54, 1.807) is 11.3 Å². The van der Waals surface area contributed by atoms with Gasteiger partial charge >= 0.3 is 0 Å². The van der Waals surface area contributed by atoms with Gasteiger partial charge in [0, 0.05) is 41.5 Å². The molecule has 0 radical (unpaired) electrons. The van der Waals surface area contributed by atoms with Crippen molar-refractivity contribution in [2.45, 2.75) is 13.0 Å². The number of hydrogen-bond acceptors (Lipinski definition) is 4. The maximum absolute atomic E-state index is 4.79. The number of hydrogen-bond donors (Lipinski definition) is 1. The number of pyridine rings is 1. The van der Waals surface area contributed by atoms with Gasteiger partial charge in [-0.3, -0.25) is 4.98 Å². The number of thiazole rings is 1. The fourth-order valence-corrected chi connectivity index (χ4v) is 3.53. The van der Waals surface area contributed by atoms with Crippen molar-refractivity contribution in [2.24, 2.45) is 0 Å². The number of nitrogens with zero attached hydrogens (tertiary/aromatic N) is 2. The lowest BCUT2D eigenvalue weighted by Gasteiger charge is -2.09. The first kappa shape index (κ1) is 11.1. The van der Waals surface area contributed by atoms with Gasteiger partial charge in [0.25, 0.3) is 0 Å². The van der Waals surface area contributed by atoms with E-state index in [2.05, 4.69) is 34.6 Å². The molecule has 94 valence electrons. The van der Waals surface area contributed by atoms with Gasteiger partial charge < -0.3 is 5.32 Å². The summed E-state index contributed by atoms with van der Waals surface area (Å²) in [5.74, 6) is 0. The number of fused-ring (bicyclic) bond motifs is 2. The van der Waals surface area contributed by atoms with E-state index in [9.17, 15) is 0 Å². The minimum atomic E-state index is 0.960. The molecule has 2 aromatic heterocycles.